The van der Waals surface area contributed by atoms with Crippen molar-refractivity contribution >= 4 is 85.6 Å². The predicted octanol–water partition coefficient (Wildman–Crippen LogP) is 7.82. The smallest absolute Gasteiger partial charge is 0.320 e. The number of carbonyl (C=O) groups excluding carboxylic acids is 1. The molecule has 0 saturated heterocycles. The number of hydrogen-bond donors (Lipinski definition) is 4. The van der Waals surface area contributed by atoms with Gasteiger partial charge in [0.15, 0.2) is 11.6 Å². The average Bonchev–Trinajstić information content (AvgIpc) is 3.29. The van der Waals surface area contributed by atoms with Crippen molar-refractivity contribution in [2.24, 2.45) is 4.99 Å². The minimum atomic E-state index is -0.907. The van der Waals surface area contributed by atoms with Crippen molar-refractivity contribution in [1.29, 1.82) is 0 Å². The summed E-state index contributed by atoms with van der Waals surface area (Å²) in [5.41, 5.74) is 3.46. The van der Waals surface area contributed by atoms with Crippen LogP contribution in [0.5, 0.6) is 11.5 Å². The highest BCUT2D eigenvalue weighted by Gasteiger charge is 2.23. The van der Waals surface area contributed by atoms with E-state index in [1.807, 2.05) is 49.0 Å². The van der Waals surface area contributed by atoms with Crippen LogP contribution >= 0.6 is 23.2 Å². The molecule has 0 fully saturated rings. The van der Waals surface area contributed by atoms with Gasteiger partial charge in [0.25, 0.3) is 5.91 Å². The van der Waals surface area contributed by atoms with Gasteiger partial charge < -0.3 is 40.3 Å². The number of nitrogens with one attached hydrogen (secondary N) is 3. The Balaban J connectivity index is 0.000000247. The Kier molecular flexibility index (Phi) is 18.2. The first-order valence-electron chi connectivity index (χ1n) is 20.6. The van der Waals surface area contributed by atoms with Crippen LogP contribution in [-0.4, -0.2) is 132 Å². The number of carboxylic acids is 1. The molecule has 0 saturated carbocycles. The average molecular weight is 949 g/mol. The molecule has 1 atom stereocenters. The van der Waals surface area contributed by atoms with Crippen molar-refractivity contribution in [1.82, 2.24) is 40.0 Å². The van der Waals surface area contributed by atoms with Gasteiger partial charge in [0, 0.05) is 66.8 Å². The zero-order chi connectivity index (χ0) is 48.1. The number of halogens is 4. The molecular weight excluding hydrogens is 895 g/mol. The third-order valence-electron chi connectivity index (χ3n) is 10.3. The summed E-state index contributed by atoms with van der Waals surface area (Å²) in [6.45, 7) is 6.41. The van der Waals surface area contributed by atoms with Crippen LogP contribution in [-0.2, 0) is 22.7 Å². The molecule has 0 aliphatic rings. The van der Waals surface area contributed by atoms with Gasteiger partial charge in [-0.1, -0.05) is 35.3 Å². The molecule has 0 radical (unpaired) electrons. The second-order valence-corrected chi connectivity index (χ2v) is 16.3. The second kappa shape index (κ2) is 23.7. The van der Waals surface area contributed by atoms with E-state index in [4.69, 9.17) is 32.7 Å². The van der Waals surface area contributed by atoms with Crippen LogP contribution in [0.4, 0.5) is 31.8 Å². The topological polar surface area (TPSA) is 183 Å². The van der Waals surface area contributed by atoms with Gasteiger partial charge in [-0.3, -0.25) is 19.5 Å². The number of hydrogen-bond acceptors (Lipinski definition) is 14. The summed E-state index contributed by atoms with van der Waals surface area (Å²) in [7, 11) is 10.9. The fraction of sp³-hybridized carbons (Fsp3) is 0.326. The van der Waals surface area contributed by atoms with E-state index in [-0.39, 0.29) is 33.9 Å². The molecule has 4 aromatic carbocycles. The van der Waals surface area contributed by atoms with Crippen LogP contribution in [0, 0.1) is 11.6 Å². The molecule has 350 valence electrons. The number of aliphatic imine (C=N–C) groups is 1. The number of carboxylic acid groups (broad SMARTS) is 1. The number of nitrogens with zero attached hydrogens (tertiary/aromatic N) is 8. The number of amides is 1. The molecule has 6 aromatic rings. The Labute approximate surface area is 392 Å². The molecule has 4 N–H and O–H groups in total. The van der Waals surface area contributed by atoms with Crippen molar-refractivity contribution in [3.05, 3.63) is 106 Å². The van der Waals surface area contributed by atoms with Crippen molar-refractivity contribution in [3.8, 4) is 11.5 Å². The van der Waals surface area contributed by atoms with E-state index < -0.39 is 23.6 Å². The van der Waals surface area contributed by atoms with Crippen molar-refractivity contribution in [2.45, 2.75) is 33.0 Å². The summed E-state index contributed by atoms with van der Waals surface area (Å²) in [5, 5.41) is 19.7. The number of aliphatic carboxylic acids is 1. The van der Waals surface area contributed by atoms with Gasteiger partial charge in [-0.15, -0.1) is 0 Å². The second-order valence-electron chi connectivity index (χ2n) is 15.5. The summed E-state index contributed by atoms with van der Waals surface area (Å²) in [6, 6.07) is 15.8. The fourth-order valence-corrected chi connectivity index (χ4v) is 6.81. The molecule has 0 bridgehead atoms. The van der Waals surface area contributed by atoms with Gasteiger partial charge in [-0.05, 0) is 78.4 Å². The Morgan fingerprint density at radius 1 is 0.758 bits per heavy atom. The molecule has 2 heterocycles. The number of rotatable bonds is 19. The summed E-state index contributed by atoms with van der Waals surface area (Å²) in [6.07, 6.45) is 2.75. The molecule has 2 aromatic heterocycles. The lowest BCUT2D eigenvalue weighted by Crippen LogP contribution is -2.42. The first-order chi connectivity index (χ1) is 31.5. The molecular formula is C46H53Cl2F2N11O5. The number of ether oxygens (including phenoxy) is 2. The van der Waals surface area contributed by atoms with Crippen LogP contribution in [0.15, 0.2) is 78.3 Å². The minimum absolute atomic E-state index is 0.0000813. The van der Waals surface area contributed by atoms with Crippen LogP contribution in [0.3, 0.4) is 0 Å². The van der Waals surface area contributed by atoms with Crippen LogP contribution in [0.2, 0.25) is 10.0 Å². The Morgan fingerprint density at radius 2 is 1.26 bits per heavy atom. The van der Waals surface area contributed by atoms with E-state index in [0.29, 0.717) is 82.4 Å². The number of aromatic nitrogens is 4. The van der Waals surface area contributed by atoms with E-state index in [0.717, 1.165) is 12.1 Å². The molecule has 0 unspecified atom stereocenters. The van der Waals surface area contributed by atoms with Crippen LogP contribution < -0.4 is 25.4 Å². The van der Waals surface area contributed by atoms with E-state index in [1.165, 1.54) is 24.8 Å². The van der Waals surface area contributed by atoms with Crippen molar-refractivity contribution < 1.29 is 33.0 Å². The van der Waals surface area contributed by atoms with E-state index in [1.54, 1.807) is 70.5 Å². The lowest BCUT2D eigenvalue weighted by atomic mass is 10.1. The van der Waals surface area contributed by atoms with E-state index >= 15 is 0 Å². The summed E-state index contributed by atoms with van der Waals surface area (Å²) in [4.78, 5) is 51.4. The maximum absolute atomic E-state index is 14.4. The zero-order valence-corrected chi connectivity index (χ0v) is 39.4. The number of methoxy groups -OCH3 is 2. The van der Waals surface area contributed by atoms with E-state index in [2.05, 4.69) is 40.9 Å². The number of anilines is 4. The lowest BCUT2D eigenvalue weighted by molar-refractivity contribution is -0.143. The maximum Gasteiger partial charge on any atom is 0.320 e. The maximum atomic E-state index is 14.4. The van der Waals surface area contributed by atoms with Gasteiger partial charge in [0.1, 0.15) is 41.8 Å². The van der Waals surface area contributed by atoms with Gasteiger partial charge in [-0.25, -0.2) is 28.7 Å². The number of fused-ring (bicyclic) bond motifs is 2. The monoisotopic (exact) mass is 947 g/mol. The minimum Gasteiger partial charge on any atom is -0.496 e. The first kappa shape index (κ1) is 50.7. The highest BCUT2D eigenvalue weighted by molar-refractivity contribution is 6.37. The Bertz CT molecular complexity index is 2690. The molecule has 0 spiro atoms. The van der Waals surface area contributed by atoms with Gasteiger partial charge in [0.2, 0.25) is 0 Å². The molecule has 66 heavy (non-hydrogen) atoms. The zero-order valence-electron chi connectivity index (χ0n) is 37.9. The molecule has 20 heteroatoms. The largest absolute Gasteiger partial charge is 0.496 e. The number of benzene rings is 4. The molecule has 6 rings (SSSR count). The summed E-state index contributed by atoms with van der Waals surface area (Å²) < 4.78 is 39.9. The molecule has 0 aliphatic heterocycles. The van der Waals surface area contributed by atoms with E-state index in [9.17, 15) is 23.5 Å². The molecule has 1 amide bonds. The highest BCUT2D eigenvalue weighted by Crippen LogP contribution is 2.34. The van der Waals surface area contributed by atoms with Gasteiger partial charge in [-0.2, -0.15) is 0 Å². The van der Waals surface area contributed by atoms with Gasteiger partial charge >= 0.3 is 5.97 Å². The fourth-order valence-electron chi connectivity index (χ4n) is 6.46. The number of carbonyl (C=O) groups is 2. The standard InChI is InChI=1S/C23H26ClFN6O2.C23H27ClFN5O3/c1-14(26-8-9-31(2)3)23(32)27-12-15-10-16-19(11-20(15)33-4)28-13-29-22(16)30-18-7-5-6-17(24)21(18)25;1-14(23(31)32)30(9-8-29(2)3)12-15-10-16-19(11-20(15)33-4)26-13-27-22(16)28-18-7-5-6-17(24)21(18)25/h5-7,10-11,13H,8-9,12H2,1-4H3,(H,27,32)(H,28,29,30);5-7,10-11,13-14H,8-9,12H2,1-4H3,(H,31,32)(H,26,27,28)/t;14-/m.0/s1. The molecule has 0 aliphatic carbocycles. The van der Waals surface area contributed by atoms with Crippen LogP contribution in [0.25, 0.3) is 21.8 Å². The normalized spacial score (nSPS) is 12.0. The molecule has 16 nitrogen and oxygen atoms in total. The highest BCUT2D eigenvalue weighted by atomic mass is 35.5. The van der Waals surface area contributed by atoms with Crippen LogP contribution in [0.1, 0.15) is 25.0 Å². The van der Waals surface area contributed by atoms with Gasteiger partial charge in [0.05, 0.1) is 58.9 Å². The predicted molar refractivity (Wildman–Crippen MR) is 256 cm³/mol. The quantitative estimate of drug-likeness (QED) is 0.0577. The first-order valence-corrected chi connectivity index (χ1v) is 21.4. The summed E-state index contributed by atoms with van der Waals surface area (Å²) in [5.74, 6) is -0.387. The third kappa shape index (κ3) is 13.4. The SMILES string of the molecule is COc1cc2ncnc(Nc3cccc(Cl)c3F)c2cc1CN(CCN(C)C)[C@@H](C)C(=O)O.COc1cc2ncnc(Nc3cccc(Cl)c3F)c2cc1CNC(=O)C(C)=NCCN(C)C. The Hall–Kier alpha value is -6.31. The summed E-state index contributed by atoms with van der Waals surface area (Å²) >= 11 is 11.8. The Morgan fingerprint density at radius 3 is 1.74 bits per heavy atom. The lowest BCUT2D eigenvalue weighted by Gasteiger charge is -2.28. The van der Waals surface area contributed by atoms with Crippen molar-refractivity contribution in [3.63, 3.8) is 0 Å². The number of likely N-dealkylation sites (N-methyl/N-ethyl adjacent to an activating group) is 2. The third-order valence-corrected chi connectivity index (χ3v) is 10.8. The van der Waals surface area contributed by atoms with Crippen molar-refractivity contribution in [2.75, 3.05) is 79.2 Å².